The standard InChI is InChI=1S/C18H19ClFNO3/c1-12(11-24-17-6-4-3-5-16(17)23-2)21-18(22)9-13-7-8-14(19)10-15(13)20/h3-8,10,12H,9,11H2,1-2H3,(H,21,22). The summed E-state index contributed by atoms with van der Waals surface area (Å²) in [5.41, 5.74) is 0.301. The van der Waals surface area contributed by atoms with Gasteiger partial charge in [-0.1, -0.05) is 29.8 Å². The summed E-state index contributed by atoms with van der Waals surface area (Å²) < 4.78 is 24.5. The van der Waals surface area contributed by atoms with Crippen LogP contribution in [0.4, 0.5) is 4.39 Å². The molecule has 0 radical (unpaired) electrons. The molecule has 0 spiro atoms. The van der Waals surface area contributed by atoms with Crippen LogP contribution in [0.1, 0.15) is 12.5 Å². The molecule has 0 aliphatic carbocycles. The minimum Gasteiger partial charge on any atom is -0.493 e. The minimum absolute atomic E-state index is 0.0536. The van der Waals surface area contributed by atoms with E-state index in [-0.39, 0.29) is 25.0 Å². The summed E-state index contributed by atoms with van der Waals surface area (Å²) in [6.07, 6.45) is -0.0536. The zero-order valence-corrected chi connectivity index (χ0v) is 14.3. The van der Waals surface area contributed by atoms with E-state index in [1.807, 2.05) is 19.1 Å². The lowest BCUT2D eigenvalue weighted by Crippen LogP contribution is -2.37. The van der Waals surface area contributed by atoms with Crippen molar-refractivity contribution in [2.75, 3.05) is 13.7 Å². The number of ether oxygens (including phenoxy) is 2. The smallest absolute Gasteiger partial charge is 0.224 e. The summed E-state index contributed by atoms with van der Waals surface area (Å²) in [6, 6.07) is 11.3. The first-order valence-corrected chi connectivity index (χ1v) is 7.86. The summed E-state index contributed by atoms with van der Waals surface area (Å²) in [5, 5.41) is 3.07. The van der Waals surface area contributed by atoms with E-state index in [9.17, 15) is 9.18 Å². The second-order valence-electron chi connectivity index (χ2n) is 5.34. The maximum Gasteiger partial charge on any atom is 0.224 e. The Kier molecular flexibility index (Phi) is 6.44. The van der Waals surface area contributed by atoms with Gasteiger partial charge in [0, 0.05) is 5.02 Å². The molecule has 1 unspecified atom stereocenters. The molecule has 0 fully saturated rings. The van der Waals surface area contributed by atoms with Gasteiger partial charge in [-0.25, -0.2) is 4.39 Å². The molecular formula is C18H19ClFNO3. The Morgan fingerprint density at radius 1 is 1.25 bits per heavy atom. The normalized spacial score (nSPS) is 11.7. The van der Waals surface area contributed by atoms with Gasteiger partial charge in [-0.3, -0.25) is 4.79 Å². The monoisotopic (exact) mass is 351 g/mol. The van der Waals surface area contributed by atoms with Crippen molar-refractivity contribution in [2.24, 2.45) is 0 Å². The van der Waals surface area contributed by atoms with Gasteiger partial charge < -0.3 is 14.8 Å². The summed E-state index contributed by atoms with van der Waals surface area (Å²) in [5.74, 6) is 0.451. The lowest BCUT2D eigenvalue weighted by atomic mass is 10.1. The van der Waals surface area contributed by atoms with Crippen molar-refractivity contribution in [3.63, 3.8) is 0 Å². The Balaban J connectivity index is 1.85. The third-order valence-electron chi connectivity index (χ3n) is 3.33. The number of hydrogen-bond donors (Lipinski definition) is 1. The summed E-state index contributed by atoms with van der Waals surface area (Å²) in [7, 11) is 1.56. The van der Waals surface area contributed by atoms with Gasteiger partial charge in [0.05, 0.1) is 19.6 Å². The van der Waals surface area contributed by atoms with Gasteiger partial charge in [0.2, 0.25) is 5.91 Å². The average Bonchev–Trinajstić information content (AvgIpc) is 2.55. The van der Waals surface area contributed by atoms with E-state index >= 15 is 0 Å². The van der Waals surface area contributed by atoms with E-state index in [2.05, 4.69) is 5.32 Å². The van der Waals surface area contributed by atoms with Crippen molar-refractivity contribution in [3.8, 4) is 11.5 Å². The zero-order valence-electron chi connectivity index (χ0n) is 13.5. The number of para-hydroxylation sites is 2. The van der Waals surface area contributed by atoms with Crippen molar-refractivity contribution in [1.29, 1.82) is 0 Å². The molecule has 0 aliphatic rings. The molecule has 6 heteroatoms. The lowest BCUT2D eigenvalue weighted by molar-refractivity contribution is -0.121. The molecule has 4 nitrogen and oxygen atoms in total. The van der Waals surface area contributed by atoms with Gasteiger partial charge in [-0.2, -0.15) is 0 Å². The highest BCUT2D eigenvalue weighted by molar-refractivity contribution is 6.30. The topological polar surface area (TPSA) is 47.6 Å². The predicted molar refractivity (Wildman–Crippen MR) is 91.2 cm³/mol. The van der Waals surface area contributed by atoms with Gasteiger partial charge in [0.25, 0.3) is 0 Å². The quantitative estimate of drug-likeness (QED) is 0.829. The van der Waals surface area contributed by atoms with Crippen molar-refractivity contribution in [2.45, 2.75) is 19.4 Å². The number of carbonyl (C=O) groups is 1. The molecule has 24 heavy (non-hydrogen) atoms. The SMILES string of the molecule is COc1ccccc1OCC(C)NC(=O)Cc1ccc(Cl)cc1F. The van der Waals surface area contributed by atoms with Crippen LogP contribution in [-0.2, 0) is 11.2 Å². The molecule has 1 atom stereocenters. The third kappa shape index (κ3) is 5.13. The van der Waals surface area contributed by atoms with Crippen molar-refractivity contribution < 1.29 is 18.7 Å². The highest BCUT2D eigenvalue weighted by Gasteiger charge is 2.12. The van der Waals surface area contributed by atoms with E-state index in [1.165, 1.54) is 12.1 Å². The number of rotatable bonds is 7. The average molecular weight is 352 g/mol. The first-order valence-electron chi connectivity index (χ1n) is 7.48. The fourth-order valence-electron chi connectivity index (χ4n) is 2.16. The van der Waals surface area contributed by atoms with E-state index in [0.717, 1.165) is 0 Å². The van der Waals surface area contributed by atoms with Crippen LogP contribution in [0.25, 0.3) is 0 Å². The molecule has 0 aliphatic heterocycles. The van der Waals surface area contributed by atoms with Crippen LogP contribution in [-0.4, -0.2) is 25.7 Å². The largest absolute Gasteiger partial charge is 0.493 e. The van der Waals surface area contributed by atoms with Gasteiger partial charge in [-0.05, 0) is 36.8 Å². The maximum absolute atomic E-state index is 13.7. The molecule has 1 amide bonds. The number of benzene rings is 2. The Labute approximate surface area is 145 Å². The van der Waals surface area contributed by atoms with Crippen molar-refractivity contribution in [3.05, 3.63) is 58.9 Å². The van der Waals surface area contributed by atoms with Crippen molar-refractivity contribution in [1.82, 2.24) is 5.32 Å². The van der Waals surface area contributed by atoms with E-state index in [4.69, 9.17) is 21.1 Å². The number of halogens is 2. The first kappa shape index (κ1) is 18.1. The molecular weight excluding hydrogens is 333 g/mol. The molecule has 0 saturated heterocycles. The molecule has 0 saturated carbocycles. The molecule has 2 rings (SSSR count). The van der Waals surface area contributed by atoms with Crippen LogP contribution in [0.2, 0.25) is 5.02 Å². The lowest BCUT2D eigenvalue weighted by Gasteiger charge is -2.16. The second kappa shape index (κ2) is 8.55. The van der Waals surface area contributed by atoms with Crippen LogP contribution < -0.4 is 14.8 Å². The highest BCUT2D eigenvalue weighted by Crippen LogP contribution is 2.25. The number of nitrogens with one attached hydrogen (secondary N) is 1. The minimum atomic E-state index is -0.490. The third-order valence-corrected chi connectivity index (χ3v) is 3.57. The van der Waals surface area contributed by atoms with E-state index in [1.54, 1.807) is 25.3 Å². The van der Waals surface area contributed by atoms with Crippen LogP contribution in [0.5, 0.6) is 11.5 Å². The Bertz CT molecular complexity index is 708. The van der Waals surface area contributed by atoms with Crippen LogP contribution in [0, 0.1) is 5.82 Å². The van der Waals surface area contributed by atoms with Crippen LogP contribution in [0.15, 0.2) is 42.5 Å². The molecule has 1 N–H and O–H groups in total. The predicted octanol–water partition coefficient (Wildman–Crippen LogP) is 3.61. The summed E-state index contributed by atoms with van der Waals surface area (Å²) in [4.78, 5) is 12.0. The van der Waals surface area contributed by atoms with Crippen molar-refractivity contribution >= 4 is 17.5 Å². The van der Waals surface area contributed by atoms with Gasteiger partial charge >= 0.3 is 0 Å². The molecule has 0 aromatic heterocycles. The number of methoxy groups -OCH3 is 1. The fourth-order valence-corrected chi connectivity index (χ4v) is 2.32. The first-order chi connectivity index (χ1) is 11.5. The second-order valence-corrected chi connectivity index (χ2v) is 5.78. The molecule has 0 bridgehead atoms. The Morgan fingerprint density at radius 2 is 1.96 bits per heavy atom. The van der Waals surface area contributed by atoms with E-state index in [0.29, 0.717) is 22.1 Å². The molecule has 2 aromatic rings. The van der Waals surface area contributed by atoms with Crippen LogP contribution in [0.3, 0.4) is 0 Å². The number of amides is 1. The molecule has 2 aromatic carbocycles. The van der Waals surface area contributed by atoms with Gasteiger partial charge in [-0.15, -0.1) is 0 Å². The molecule has 0 heterocycles. The van der Waals surface area contributed by atoms with Gasteiger partial charge in [0.15, 0.2) is 11.5 Å². The van der Waals surface area contributed by atoms with Gasteiger partial charge in [0.1, 0.15) is 12.4 Å². The van der Waals surface area contributed by atoms with E-state index < -0.39 is 5.82 Å². The zero-order chi connectivity index (χ0) is 17.5. The highest BCUT2D eigenvalue weighted by atomic mass is 35.5. The fraction of sp³-hybridized carbons (Fsp3) is 0.278. The maximum atomic E-state index is 13.7. The Hall–Kier alpha value is -2.27. The molecule has 128 valence electrons. The summed E-state index contributed by atoms with van der Waals surface area (Å²) >= 11 is 5.69. The van der Waals surface area contributed by atoms with Crippen LogP contribution >= 0.6 is 11.6 Å². The number of carbonyl (C=O) groups excluding carboxylic acids is 1. The number of hydrogen-bond acceptors (Lipinski definition) is 3. The summed E-state index contributed by atoms with van der Waals surface area (Å²) in [6.45, 7) is 2.08. The Morgan fingerprint density at radius 3 is 2.62 bits per heavy atom.